The second kappa shape index (κ2) is 8.92. The highest BCUT2D eigenvalue weighted by Crippen LogP contribution is 2.37. The van der Waals surface area contributed by atoms with Crippen molar-refractivity contribution in [2.24, 2.45) is 5.92 Å². The summed E-state index contributed by atoms with van der Waals surface area (Å²) in [5.74, 6) is -0.688. The fourth-order valence-corrected chi connectivity index (χ4v) is 3.12. The predicted molar refractivity (Wildman–Crippen MR) is 98.0 cm³/mol. The van der Waals surface area contributed by atoms with Gasteiger partial charge < -0.3 is 10.6 Å². The maximum absolute atomic E-state index is 13.9. The summed E-state index contributed by atoms with van der Waals surface area (Å²) in [6, 6.07) is 2.82. The van der Waals surface area contributed by atoms with Crippen LogP contribution in [-0.2, 0) is 4.79 Å². The summed E-state index contributed by atoms with van der Waals surface area (Å²) < 4.78 is 26.8. The number of allylic oxidation sites excluding steroid dienone is 5. The van der Waals surface area contributed by atoms with Crippen LogP contribution in [0.25, 0.3) is 0 Å². The van der Waals surface area contributed by atoms with Gasteiger partial charge in [0.15, 0.2) is 0 Å². The fourth-order valence-electron chi connectivity index (χ4n) is 2.96. The van der Waals surface area contributed by atoms with E-state index in [-0.39, 0.29) is 16.9 Å². The van der Waals surface area contributed by atoms with Crippen molar-refractivity contribution in [1.82, 2.24) is 5.32 Å². The first-order valence-corrected chi connectivity index (χ1v) is 8.39. The molecule has 0 bridgehead atoms. The molecule has 3 nitrogen and oxygen atoms in total. The number of anilines is 1. The molecule has 1 aliphatic rings. The zero-order chi connectivity index (χ0) is 18.4. The summed E-state index contributed by atoms with van der Waals surface area (Å²) in [5.41, 5.74) is 1.73. The molecule has 2 rings (SSSR count). The van der Waals surface area contributed by atoms with E-state index < -0.39 is 11.6 Å². The molecule has 1 amide bonds. The van der Waals surface area contributed by atoms with Gasteiger partial charge in [0.25, 0.3) is 0 Å². The Balaban J connectivity index is 2.17. The van der Waals surface area contributed by atoms with E-state index in [1.54, 1.807) is 19.1 Å². The number of carbonyl (C=O) groups is 1. The molecule has 0 spiro atoms. The third-order valence-electron chi connectivity index (χ3n) is 4.40. The molecule has 1 aromatic carbocycles. The third-order valence-corrected chi connectivity index (χ3v) is 4.68. The average molecular weight is 367 g/mol. The summed E-state index contributed by atoms with van der Waals surface area (Å²) in [4.78, 5) is 10.8. The number of amides is 1. The van der Waals surface area contributed by atoms with Crippen LogP contribution in [0, 0.1) is 11.7 Å². The van der Waals surface area contributed by atoms with Crippen LogP contribution in [0.2, 0.25) is 5.02 Å². The zero-order valence-electron chi connectivity index (χ0n) is 14.0. The van der Waals surface area contributed by atoms with Gasteiger partial charge in [-0.25, -0.2) is 8.78 Å². The average Bonchev–Trinajstić information content (AvgIpc) is 3.03. The van der Waals surface area contributed by atoms with Crippen molar-refractivity contribution in [2.45, 2.75) is 19.3 Å². The topological polar surface area (TPSA) is 41.1 Å². The van der Waals surface area contributed by atoms with Crippen LogP contribution in [0.1, 0.15) is 24.8 Å². The Kier molecular flexibility index (Phi) is 6.91. The van der Waals surface area contributed by atoms with E-state index in [4.69, 9.17) is 11.6 Å². The van der Waals surface area contributed by atoms with Gasteiger partial charge >= 0.3 is 0 Å². The second-order valence-corrected chi connectivity index (χ2v) is 6.47. The van der Waals surface area contributed by atoms with Gasteiger partial charge in [0, 0.05) is 18.2 Å². The van der Waals surface area contributed by atoms with Crippen LogP contribution in [0.5, 0.6) is 0 Å². The Hall–Kier alpha value is -1.98. The molecule has 1 aliphatic heterocycles. The van der Waals surface area contributed by atoms with Gasteiger partial charge in [0.2, 0.25) is 6.41 Å². The number of benzene rings is 1. The van der Waals surface area contributed by atoms with Gasteiger partial charge in [0.05, 0.1) is 5.02 Å². The summed E-state index contributed by atoms with van der Waals surface area (Å²) in [6.07, 6.45) is 6.71. The maximum atomic E-state index is 13.9. The standard InChI is InChI=1S/C19H21ClF2N2O/c1-12(13(2)21)5-3-4-6-14-9-23-10-16(14)15-7-18(22)17(20)8-19(15)24-11-25/h3-5,7-8,11,14,16,23H,2,6,9-10H2,1H3,(H,24,25)/b4-3-,12-5-/t14-,16+/m0/s1. The van der Waals surface area contributed by atoms with Gasteiger partial charge in [-0.1, -0.05) is 36.4 Å². The maximum Gasteiger partial charge on any atom is 0.211 e. The van der Waals surface area contributed by atoms with E-state index in [0.29, 0.717) is 24.2 Å². The van der Waals surface area contributed by atoms with Gasteiger partial charge in [-0.05, 0) is 49.1 Å². The van der Waals surface area contributed by atoms with Crippen molar-refractivity contribution in [3.8, 4) is 0 Å². The van der Waals surface area contributed by atoms with Crippen LogP contribution in [0.4, 0.5) is 14.5 Å². The van der Waals surface area contributed by atoms with E-state index in [2.05, 4.69) is 17.2 Å². The Morgan fingerprint density at radius 1 is 1.48 bits per heavy atom. The lowest BCUT2D eigenvalue weighted by molar-refractivity contribution is -0.105. The molecule has 6 heteroatoms. The number of rotatable bonds is 7. The molecule has 2 atom stereocenters. The third kappa shape index (κ3) is 5.00. The minimum absolute atomic E-state index is 0.0254. The highest BCUT2D eigenvalue weighted by atomic mass is 35.5. The summed E-state index contributed by atoms with van der Waals surface area (Å²) in [5, 5.41) is 5.87. The molecular formula is C19H21ClF2N2O. The lowest BCUT2D eigenvalue weighted by Crippen LogP contribution is -2.13. The zero-order valence-corrected chi connectivity index (χ0v) is 14.7. The summed E-state index contributed by atoms with van der Waals surface area (Å²) >= 11 is 5.82. The number of nitrogens with one attached hydrogen (secondary N) is 2. The summed E-state index contributed by atoms with van der Waals surface area (Å²) in [6.45, 7) is 6.36. The van der Waals surface area contributed by atoms with Crippen molar-refractivity contribution in [2.75, 3.05) is 18.4 Å². The highest BCUT2D eigenvalue weighted by molar-refractivity contribution is 6.31. The SMILES string of the molecule is C=C(F)/C(C)=C\C=C/C[C@H]1CNC[C@H]1c1cc(F)c(Cl)cc1NC=O. The monoisotopic (exact) mass is 366 g/mol. The van der Waals surface area contributed by atoms with Crippen molar-refractivity contribution in [3.63, 3.8) is 0 Å². The van der Waals surface area contributed by atoms with Gasteiger partial charge in [0.1, 0.15) is 11.6 Å². The molecule has 25 heavy (non-hydrogen) atoms. The van der Waals surface area contributed by atoms with E-state index in [0.717, 1.165) is 18.5 Å². The molecule has 0 unspecified atom stereocenters. The first-order valence-electron chi connectivity index (χ1n) is 8.02. The molecule has 0 saturated carbocycles. The number of halogens is 3. The van der Waals surface area contributed by atoms with Crippen LogP contribution in [0.3, 0.4) is 0 Å². The lowest BCUT2D eigenvalue weighted by atomic mass is 9.85. The quantitative estimate of drug-likeness (QED) is 0.541. The second-order valence-electron chi connectivity index (χ2n) is 6.06. The van der Waals surface area contributed by atoms with Gasteiger partial charge in [-0.2, -0.15) is 0 Å². The van der Waals surface area contributed by atoms with Crippen molar-refractivity contribution in [3.05, 3.63) is 64.7 Å². The number of hydrogen-bond donors (Lipinski definition) is 2. The van der Waals surface area contributed by atoms with Crippen LogP contribution in [0.15, 0.2) is 48.3 Å². The van der Waals surface area contributed by atoms with E-state index in [1.165, 1.54) is 12.1 Å². The largest absolute Gasteiger partial charge is 0.328 e. The minimum atomic E-state index is -0.505. The normalized spacial score (nSPS) is 20.9. The molecule has 134 valence electrons. The van der Waals surface area contributed by atoms with Crippen molar-refractivity contribution >= 4 is 23.7 Å². The molecule has 1 fully saturated rings. The minimum Gasteiger partial charge on any atom is -0.328 e. The Morgan fingerprint density at radius 2 is 2.24 bits per heavy atom. The van der Waals surface area contributed by atoms with Gasteiger partial charge in [-0.15, -0.1) is 0 Å². The van der Waals surface area contributed by atoms with E-state index in [1.807, 2.05) is 6.08 Å². The molecule has 1 heterocycles. The van der Waals surface area contributed by atoms with Gasteiger partial charge in [-0.3, -0.25) is 4.79 Å². The van der Waals surface area contributed by atoms with E-state index >= 15 is 0 Å². The number of hydrogen-bond acceptors (Lipinski definition) is 2. The Labute approximate surface area is 151 Å². The Morgan fingerprint density at radius 3 is 2.92 bits per heavy atom. The van der Waals surface area contributed by atoms with Crippen LogP contribution >= 0.6 is 11.6 Å². The molecule has 2 N–H and O–H groups in total. The molecule has 0 radical (unpaired) electrons. The highest BCUT2D eigenvalue weighted by Gasteiger charge is 2.30. The van der Waals surface area contributed by atoms with Crippen molar-refractivity contribution < 1.29 is 13.6 Å². The molecule has 1 aromatic rings. The Bertz CT molecular complexity index is 716. The smallest absolute Gasteiger partial charge is 0.211 e. The first kappa shape index (κ1) is 19.3. The molecule has 1 saturated heterocycles. The number of carbonyl (C=O) groups excluding carboxylic acids is 1. The first-order chi connectivity index (χ1) is 11.9. The molecular weight excluding hydrogens is 346 g/mol. The van der Waals surface area contributed by atoms with Crippen molar-refractivity contribution in [1.29, 1.82) is 0 Å². The molecule has 0 aliphatic carbocycles. The molecule has 0 aromatic heterocycles. The summed E-state index contributed by atoms with van der Waals surface area (Å²) in [7, 11) is 0. The lowest BCUT2D eigenvalue weighted by Gasteiger charge is -2.21. The van der Waals surface area contributed by atoms with Crippen LogP contribution in [-0.4, -0.2) is 19.5 Å². The fraction of sp³-hybridized carbons (Fsp3) is 0.316. The van der Waals surface area contributed by atoms with Crippen LogP contribution < -0.4 is 10.6 Å². The predicted octanol–water partition coefficient (Wildman–Crippen LogP) is 4.73. The van der Waals surface area contributed by atoms with E-state index in [9.17, 15) is 13.6 Å².